The molecule has 1 N–H and O–H groups in total. The first-order valence-corrected chi connectivity index (χ1v) is 7.80. The van der Waals surface area contributed by atoms with Crippen LogP contribution < -0.4 is 5.32 Å². The Morgan fingerprint density at radius 2 is 1.72 bits per heavy atom. The third kappa shape index (κ3) is 3.27. The highest BCUT2D eigenvalue weighted by molar-refractivity contribution is 4.96. The second-order valence-electron chi connectivity index (χ2n) is 7.78. The normalized spacial score (nSPS) is 34.8. The molecule has 2 fully saturated rings. The molecule has 0 aromatic rings. The van der Waals surface area contributed by atoms with Gasteiger partial charge in [0.2, 0.25) is 0 Å². The molecule has 2 rings (SSSR count). The second-order valence-corrected chi connectivity index (χ2v) is 7.78. The van der Waals surface area contributed by atoms with Crippen molar-refractivity contribution in [3.8, 4) is 0 Å². The van der Waals surface area contributed by atoms with Gasteiger partial charge in [-0.2, -0.15) is 0 Å². The summed E-state index contributed by atoms with van der Waals surface area (Å²) in [6.07, 6.45) is 8.39. The van der Waals surface area contributed by atoms with Crippen LogP contribution in [0.15, 0.2) is 0 Å². The maximum atomic E-state index is 3.61. The van der Waals surface area contributed by atoms with Crippen molar-refractivity contribution in [2.75, 3.05) is 14.1 Å². The first-order chi connectivity index (χ1) is 8.40. The number of piperidine rings is 1. The highest BCUT2D eigenvalue weighted by Gasteiger charge is 2.40. The van der Waals surface area contributed by atoms with E-state index in [0.29, 0.717) is 5.41 Å². The van der Waals surface area contributed by atoms with Gasteiger partial charge in [-0.25, -0.2) is 0 Å². The van der Waals surface area contributed by atoms with Crippen molar-refractivity contribution in [2.45, 2.75) is 77.4 Å². The lowest BCUT2D eigenvalue weighted by Gasteiger charge is -2.40. The number of fused-ring (bicyclic) bond motifs is 2. The molecule has 0 spiro atoms. The van der Waals surface area contributed by atoms with Crippen LogP contribution in [0.5, 0.6) is 0 Å². The Balaban J connectivity index is 1.89. The van der Waals surface area contributed by atoms with Gasteiger partial charge in [0.15, 0.2) is 0 Å². The van der Waals surface area contributed by atoms with Gasteiger partial charge in [0, 0.05) is 18.1 Å². The third-order valence-corrected chi connectivity index (χ3v) is 5.28. The Hall–Kier alpha value is -0.0800. The Morgan fingerprint density at radius 3 is 2.17 bits per heavy atom. The van der Waals surface area contributed by atoms with Crippen molar-refractivity contribution < 1.29 is 0 Å². The molecule has 2 aliphatic rings. The molecule has 2 bridgehead atoms. The van der Waals surface area contributed by atoms with Crippen LogP contribution in [0.4, 0.5) is 0 Å². The fourth-order valence-corrected chi connectivity index (χ4v) is 3.99. The number of rotatable bonds is 4. The minimum atomic E-state index is 0.472. The molecule has 2 heterocycles. The Kier molecular flexibility index (Phi) is 4.38. The zero-order valence-electron chi connectivity index (χ0n) is 13.0. The van der Waals surface area contributed by atoms with Crippen LogP contribution in [-0.4, -0.2) is 37.1 Å². The fourth-order valence-electron chi connectivity index (χ4n) is 3.99. The van der Waals surface area contributed by atoms with Gasteiger partial charge in [-0.1, -0.05) is 20.8 Å². The standard InChI is InChI=1S/C16H32N2/c1-16(2,3)9-8-15(17-4)12-10-13-6-7-14(11-12)18(13)5/h12-15,17H,6-11H2,1-5H3. The van der Waals surface area contributed by atoms with Crippen LogP contribution in [0.3, 0.4) is 0 Å². The lowest BCUT2D eigenvalue weighted by atomic mass is 9.80. The van der Waals surface area contributed by atoms with Gasteiger partial charge in [-0.15, -0.1) is 0 Å². The summed E-state index contributed by atoms with van der Waals surface area (Å²) in [7, 11) is 4.50. The van der Waals surface area contributed by atoms with Gasteiger partial charge in [0.25, 0.3) is 0 Å². The van der Waals surface area contributed by atoms with Crippen LogP contribution >= 0.6 is 0 Å². The first kappa shape index (κ1) is 14.3. The van der Waals surface area contributed by atoms with E-state index in [2.05, 4.69) is 45.1 Å². The molecule has 0 aromatic heterocycles. The summed E-state index contributed by atoms with van der Waals surface area (Å²) < 4.78 is 0. The number of hydrogen-bond donors (Lipinski definition) is 1. The van der Waals surface area contributed by atoms with Crippen LogP contribution in [0.25, 0.3) is 0 Å². The van der Waals surface area contributed by atoms with E-state index in [9.17, 15) is 0 Å². The van der Waals surface area contributed by atoms with Crippen LogP contribution in [0.2, 0.25) is 0 Å². The maximum absolute atomic E-state index is 3.61. The molecular formula is C16H32N2. The SMILES string of the molecule is CNC(CCC(C)(C)C)C1CC2CCC(C1)N2C. The average molecular weight is 252 g/mol. The van der Waals surface area contributed by atoms with E-state index in [4.69, 9.17) is 0 Å². The maximum Gasteiger partial charge on any atom is 0.00989 e. The Labute approximate surface area is 114 Å². The van der Waals surface area contributed by atoms with E-state index < -0.39 is 0 Å². The Bertz CT molecular complexity index is 255. The predicted octanol–water partition coefficient (Wildman–Crippen LogP) is 3.27. The molecule has 2 saturated heterocycles. The smallest absolute Gasteiger partial charge is 0.00989 e. The number of nitrogens with one attached hydrogen (secondary N) is 1. The summed E-state index contributed by atoms with van der Waals surface area (Å²) in [5.41, 5.74) is 0.472. The largest absolute Gasteiger partial charge is 0.317 e. The molecule has 2 nitrogen and oxygen atoms in total. The molecule has 0 aliphatic carbocycles. The minimum Gasteiger partial charge on any atom is -0.317 e. The number of nitrogens with zero attached hydrogens (tertiary/aromatic N) is 1. The first-order valence-electron chi connectivity index (χ1n) is 7.80. The van der Waals surface area contributed by atoms with Crippen molar-refractivity contribution in [3.63, 3.8) is 0 Å². The Morgan fingerprint density at radius 1 is 1.17 bits per heavy atom. The molecule has 0 aromatic carbocycles. The summed E-state index contributed by atoms with van der Waals surface area (Å²) in [4.78, 5) is 2.65. The number of hydrogen-bond acceptors (Lipinski definition) is 2. The molecule has 3 atom stereocenters. The van der Waals surface area contributed by atoms with E-state index in [1.54, 1.807) is 0 Å². The summed E-state index contributed by atoms with van der Waals surface area (Å²) in [6, 6.07) is 2.49. The molecule has 0 radical (unpaired) electrons. The van der Waals surface area contributed by atoms with Gasteiger partial charge in [-0.3, -0.25) is 0 Å². The van der Waals surface area contributed by atoms with E-state index in [1.807, 2.05) is 0 Å². The quantitative estimate of drug-likeness (QED) is 0.826. The van der Waals surface area contributed by atoms with E-state index in [0.717, 1.165) is 24.0 Å². The molecule has 0 saturated carbocycles. The third-order valence-electron chi connectivity index (χ3n) is 5.28. The van der Waals surface area contributed by atoms with Crippen molar-refractivity contribution in [1.29, 1.82) is 0 Å². The van der Waals surface area contributed by atoms with E-state index >= 15 is 0 Å². The molecule has 2 heteroatoms. The zero-order valence-corrected chi connectivity index (χ0v) is 13.0. The predicted molar refractivity (Wildman–Crippen MR) is 78.8 cm³/mol. The highest BCUT2D eigenvalue weighted by atomic mass is 15.2. The van der Waals surface area contributed by atoms with Crippen molar-refractivity contribution in [3.05, 3.63) is 0 Å². The van der Waals surface area contributed by atoms with Crippen molar-refractivity contribution >= 4 is 0 Å². The average Bonchev–Trinajstić information content (AvgIpc) is 2.52. The lowest BCUT2D eigenvalue weighted by molar-refractivity contribution is 0.108. The van der Waals surface area contributed by atoms with Crippen molar-refractivity contribution in [1.82, 2.24) is 10.2 Å². The monoisotopic (exact) mass is 252 g/mol. The van der Waals surface area contributed by atoms with Crippen molar-refractivity contribution in [2.24, 2.45) is 11.3 Å². The van der Waals surface area contributed by atoms with E-state index in [-0.39, 0.29) is 0 Å². The van der Waals surface area contributed by atoms with E-state index in [1.165, 1.54) is 38.5 Å². The fraction of sp³-hybridized carbons (Fsp3) is 1.00. The van der Waals surface area contributed by atoms with Crippen LogP contribution in [-0.2, 0) is 0 Å². The summed E-state index contributed by atoms with van der Waals surface area (Å²) in [6.45, 7) is 7.08. The van der Waals surface area contributed by atoms with Crippen LogP contribution in [0.1, 0.15) is 59.3 Å². The molecular weight excluding hydrogens is 220 g/mol. The molecule has 0 amide bonds. The zero-order chi connectivity index (χ0) is 13.3. The molecule has 2 aliphatic heterocycles. The molecule has 106 valence electrons. The topological polar surface area (TPSA) is 15.3 Å². The highest BCUT2D eigenvalue weighted by Crippen LogP contribution is 2.39. The van der Waals surface area contributed by atoms with Gasteiger partial charge >= 0.3 is 0 Å². The molecule has 18 heavy (non-hydrogen) atoms. The van der Waals surface area contributed by atoms with Gasteiger partial charge < -0.3 is 10.2 Å². The summed E-state index contributed by atoms with van der Waals surface area (Å²) in [5, 5.41) is 3.61. The second kappa shape index (κ2) is 5.50. The summed E-state index contributed by atoms with van der Waals surface area (Å²) in [5.74, 6) is 0.908. The molecule has 3 unspecified atom stereocenters. The van der Waals surface area contributed by atoms with Gasteiger partial charge in [0.05, 0.1) is 0 Å². The van der Waals surface area contributed by atoms with Crippen LogP contribution in [0, 0.1) is 11.3 Å². The lowest BCUT2D eigenvalue weighted by Crippen LogP contribution is -2.46. The summed E-state index contributed by atoms with van der Waals surface area (Å²) >= 11 is 0. The minimum absolute atomic E-state index is 0.472. The van der Waals surface area contributed by atoms with Gasteiger partial charge in [0.1, 0.15) is 0 Å². The van der Waals surface area contributed by atoms with Gasteiger partial charge in [-0.05, 0) is 64.0 Å².